The molecular formula is C14H13FN2O3. The average Bonchev–Trinajstić information content (AvgIpc) is 2.39. The van der Waals surface area contributed by atoms with Crippen LogP contribution in [0.2, 0.25) is 0 Å². The molecule has 0 amide bonds. The number of halogens is 1. The molecule has 0 atom stereocenters. The van der Waals surface area contributed by atoms with Crippen LogP contribution in [0.25, 0.3) is 0 Å². The molecule has 0 radical (unpaired) electrons. The SMILES string of the molecule is CNCc1cccc(Oc2ccc([N+](=O)[O-])c(F)c2)c1. The molecule has 0 spiro atoms. The standard InChI is InChI=1S/C14H13FN2O3/c1-16-9-10-3-2-4-11(7-10)20-12-5-6-14(17(18)19)13(15)8-12/h2-8,16H,9H2,1H3. The summed E-state index contributed by atoms with van der Waals surface area (Å²) < 4.78 is 19.0. The Balaban J connectivity index is 2.19. The van der Waals surface area contributed by atoms with Crippen molar-refractivity contribution in [1.82, 2.24) is 5.32 Å². The van der Waals surface area contributed by atoms with E-state index in [1.807, 2.05) is 25.2 Å². The molecule has 2 aromatic rings. The third-order valence-corrected chi connectivity index (χ3v) is 2.63. The number of ether oxygens (including phenoxy) is 1. The Hall–Kier alpha value is -2.47. The minimum Gasteiger partial charge on any atom is -0.457 e. The molecule has 5 nitrogen and oxygen atoms in total. The highest BCUT2D eigenvalue weighted by atomic mass is 19.1. The van der Waals surface area contributed by atoms with Gasteiger partial charge in [0.15, 0.2) is 0 Å². The van der Waals surface area contributed by atoms with Crippen molar-refractivity contribution in [1.29, 1.82) is 0 Å². The van der Waals surface area contributed by atoms with E-state index in [2.05, 4.69) is 5.32 Å². The van der Waals surface area contributed by atoms with Gasteiger partial charge in [0.25, 0.3) is 0 Å². The van der Waals surface area contributed by atoms with Crippen LogP contribution in [0.5, 0.6) is 11.5 Å². The van der Waals surface area contributed by atoms with Gasteiger partial charge in [-0.15, -0.1) is 0 Å². The van der Waals surface area contributed by atoms with Crippen molar-refractivity contribution < 1.29 is 14.1 Å². The topological polar surface area (TPSA) is 64.4 Å². The molecule has 0 aromatic heterocycles. The number of rotatable bonds is 5. The summed E-state index contributed by atoms with van der Waals surface area (Å²) in [5.74, 6) is -0.153. The van der Waals surface area contributed by atoms with Crippen molar-refractivity contribution in [2.75, 3.05) is 7.05 Å². The zero-order chi connectivity index (χ0) is 14.5. The largest absolute Gasteiger partial charge is 0.457 e. The number of hydrogen-bond donors (Lipinski definition) is 1. The van der Waals surface area contributed by atoms with Crippen molar-refractivity contribution in [3.63, 3.8) is 0 Å². The zero-order valence-corrected chi connectivity index (χ0v) is 10.8. The molecule has 0 bridgehead atoms. The van der Waals surface area contributed by atoms with E-state index >= 15 is 0 Å². The summed E-state index contributed by atoms with van der Waals surface area (Å²) in [6, 6.07) is 10.8. The predicted octanol–water partition coefficient (Wildman–Crippen LogP) is 3.25. The van der Waals surface area contributed by atoms with E-state index in [0.29, 0.717) is 12.3 Å². The molecule has 6 heteroatoms. The van der Waals surface area contributed by atoms with Crippen molar-refractivity contribution in [2.45, 2.75) is 6.54 Å². The van der Waals surface area contributed by atoms with E-state index < -0.39 is 16.4 Å². The van der Waals surface area contributed by atoms with Gasteiger partial charge in [-0.05, 0) is 30.8 Å². The Bertz CT molecular complexity index is 632. The maximum atomic E-state index is 13.5. The van der Waals surface area contributed by atoms with Crippen molar-refractivity contribution in [3.05, 3.63) is 64.0 Å². The molecule has 0 saturated heterocycles. The average molecular weight is 276 g/mol. The minimum atomic E-state index is -0.918. The van der Waals surface area contributed by atoms with Gasteiger partial charge in [-0.3, -0.25) is 10.1 Å². The van der Waals surface area contributed by atoms with Crippen LogP contribution in [-0.4, -0.2) is 12.0 Å². The second-order valence-corrected chi connectivity index (χ2v) is 4.15. The molecule has 0 unspecified atom stereocenters. The van der Waals surface area contributed by atoms with E-state index in [0.717, 1.165) is 17.7 Å². The van der Waals surface area contributed by atoms with Gasteiger partial charge in [-0.1, -0.05) is 12.1 Å². The summed E-state index contributed by atoms with van der Waals surface area (Å²) in [6.45, 7) is 0.686. The van der Waals surface area contributed by atoms with Gasteiger partial charge in [0.05, 0.1) is 4.92 Å². The lowest BCUT2D eigenvalue weighted by atomic mass is 10.2. The highest BCUT2D eigenvalue weighted by molar-refractivity contribution is 5.40. The third kappa shape index (κ3) is 3.30. The Morgan fingerprint density at radius 2 is 2.00 bits per heavy atom. The monoisotopic (exact) mass is 276 g/mol. The van der Waals surface area contributed by atoms with Crippen LogP contribution in [0.15, 0.2) is 42.5 Å². The lowest BCUT2D eigenvalue weighted by molar-refractivity contribution is -0.387. The van der Waals surface area contributed by atoms with Crippen LogP contribution in [0, 0.1) is 15.9 Å². The maximum absolute atomic E-state index is 13.5. The van der Waals surface area contributed by atoms with Gasteiger partial charge in [-0.25, -0.2) is 0 Å². The van der Waals surface area contributed by atoms with Crippen molar-refractivity contribution in [3.8, 4) is 11.5 Å². The Morgan fingerprint density at radius 1 is 1.25 bits per heavy atom. The molecule has 1 N–H and O–H groups in total. The molecule has 2 aromatic carbocycles. The zero-order valence-electron chi connectivity index (χ0n) is 10.8. The van der Waals surface area contributed by atoms with Crippen molar-refractivity contribution in [2.24, 2.45) is 0 Å². The predicted molar refractivity (Wildman–Crippen MR) is 72.3 cm³/mol. The second-order valence-electron chi connectivity index (χ2n) is 4.15. The molecule has 0 aliphatic carbocycles. The molecular weight excluding hydrogens is 263 g/mol. The van der Waals surface area contributed by atoms with Gasteiger partial charge in [0, 0.05) is 18.7 Å². The number of nitrogens with one attached hydrogen (secondary N) is 1. The lowest BCUT2D eigenvalue weighted by Gasteiger charge is -2.07. The van der Waals surface area contributed by atoms with E-state index in [9.17, 15) is 14.5 Å². The highest BCUT2D eigenvalue weighted by Crippen LogP contribution is 2.27. The molecule has 20 heavy (non-hydrogen) atoms. The van der Waals surface area contributed by atoms with E-state index in [1.165, 1.54) is 6.07 Å². The quantitative estimate of drug-likeness (QED) is 0.672. The number of nitro benzene ring substituents is 1. The molecule has 0 aliphatic rings. The lowest BCUT2D eigenvalue weighted by Crippen LogP contribution is -2.04. The Kier molecular flexibility index (Phi) is 4.27. The number of nitro groups is 1. The summed E-state index contributed by atoms with van der Waals surface area (Å²) >= 11 is 0. The smallest absolute Gasteiger partial charge is 0.305 e. The summed E-state index contributed by atoms with van der Waals surface area (Å²) in [4.78, 5) is 9.75. The molecule has 0 aliphatic heterocycles. The fourth-order valence-electron chi connectivity index (χ4n) is 1.76. The van der Waals surface area contributed by atoms with Crippen LogP contribution in [0.1, 0.15) is 5.56 Å². The van der Waals surface area contributed by atoms with Gasteiger partial charge < -0.3 is 10.1 Å². The molecule has 0 fully saturated rings. The normalized spacial score (nSPS) is 10.3. The number of hydrogen-bond acceptors (Lipinski definition) is 4. The summed E-state index contributed by atoms with van der Waals surface area (Å²) in [5.41, 5.74) is 0.452. The first-order valence-corrected chi connectivity index (χ1v) is 5.95. The second kappa shape index (κ2) is 6.12. The van der Waals surface area contributed by atoms with Crippen LogP contribution in [-0.2, 0) is 6.54 Å². The first-order chi connectivity index (χ1) is 9.60. The van der Waals surface area contributed by atoms with E-state index in [-0.39, 0.29) is 5.75 Å². The minimum absolute atomic E-state index is 0.217. The molecule has 2 rings (SSSR count). The number of nitrogens with zero attached hydrogens (tertiary/aromatic N) is 1. The Morgan fingerprint density at radius 3 is 2.65 bits per heavy atom. The van der Waals surface area contributed by atoms with Gasteiger partial charge in [-0.2, -0.15) is 4.39 Å². The maximum Gasteiger partial charge on any atom is 0.305 e. The van der Waals surface area contributed by atoms with Crippen LogP contribution in [0.4, 0.5) is 10.1 Å². The van der Waals surface area contributed by atoms with E-state index in [1.54, 1.807) is 6.07 Å². The molecule has 0 heterocycles. The molecule has 0 saturated carbocycles. The Labute approximate surface area is 115 Å². The fourth-order valence-corrected chi connectivity index (χ4v) is 1.76. The first kappa shape index (κ1) is 14.0. The van der Waals surface area contributed by atoms with E-state index in [4.69, 9.17) is 4.74 Å². The van der Waals surface area contributed by atoms with Crippen LogP contribution < -0.4 is 10.1 Å². The van der Waals surface area contributed by atoms with Gasteiger partial charge in [0.2, 0.25) is 5.82 Å². The number of benzene rings is 2. The van der Waals surface area contributed by atoms with Crippen LogP contribution >= 0.6 is 0 Å². The van der Waals surface area contributed by atoms with Gasteiger partial charge in [0.1, 0.15) is 11.5 Å². The summed E-state index contributed by atoms with van der Waals surface area (Å²) in [5, 5.41) is 13.5. The van der Waals surface area contributed by atoms with Crippen molar-refractivity contribution >= 4 is 5.69 Å². The highest BCUT2D eigenvalue weighted by Gasteiger charge is 2.14. The molecule has 104 valence electrons. The third-order valence-electron chi connectivity index (χ3n) is 2.63. The fraction of sp³-hybridized carbons (Fsp3) is 0.143. The summed E-state index contributed by atoms with van der Waals surface area (Å²) in [7, 11) is 1.83. The van der Waals surface area contributed by atoms with Crippen LogP contribution in [0.3, 0.4) is 0 Å². The summed E-state index contributed by atoms with van der Waals surface area (Å²) in [6.07, 6.45) is 0. The first-order valence-electron chi connectivity index (χ1n) is 5.95. The van der Waals surface area contributed by atoms with Gasteiger partial charge >= 0.3 is 5.69 Å².